The van der Waals surface area contributed by atoms with Crippen LogP contribution in [0, 0.1) is 11.8 Å². The number of anilines is 1. The quantitative estimate of drug-likeness (QED) is 0.895. The number of hydrogen-bond donors (Lipinski definition) is 1. The van der Waals surface area contributed by atoms with Gasteiger partial charge in [0.2, 0.25) is 0 Å². The first-order valence-electron chi connectivity index (χ1n) is 7.13. The molecule has 108 valence electrons. The predicted octanol–water partition coefficient (Wildman–Crippen LogP) is 1.49. The van der Waals surface area contributed by atoms with E-state index >= 15 is 0 Å². The SMILES string of the molecule is CNc1nc(CN(C)CC2CC2C)nc2c1cnn2C. The highest BCUT2D eigenvalue weighted by Crippen LogP contribution is 2.38. The van der Waals surface area contributed by atoms with E-state index in [1.54, 1.807) is 10.9 Å². The summed E-state index contributed by atoms with van der Waals surface area (Å²) in [5.41, 5.74) is 0.882. The van der Waals surface area contributed by atoms with E-state index in [-0.39, 0.29) is 0 Å². The lowest BCUT2D eigenvalue weighted by Gasteiger charge is -2.16. The van der Waals surface area contributed by atoms with Gasteiger partial charge in [-0.2, -0.15) is 5.10 Å². The fourth-order valence-corrected chi connectivity index (χ4v) is 2.69. The van der Waals surface area contributed by atoms with Gasteiger partial charge in [0.1, 0.15) is 11.6 Å². The summed E-state index contributed by atoms with van der Waals surface area (Å²) in [6, 6.07) is 0. The van der Waals surface area contributed by atoms with Gasteiger partial charge < -0.3 is 5.32 Å². The van der Waals surface area contributed by atoms with E-state index < -0.39 is 0 Å². The first kappa shape index (κ1) is 13.3. The summed E-state index contributed by atoms with van der Waals surface area (Å²) < 4.78 is 1.80. The molecule has 2 unspecified atom stereocenters. The van der Waals surface area contributed by atoms with Gasteiger partial charge in [-0.15, -0.1) is 0 Å². The molecule has 0 spiro atoms. The van der Waals surface area contributed by atoms with Crippen LogP contribution in [0.2, 0.25) is 0 Å². The van der Waals surface area contributed by atoms with E-state index in [4.69, 9.17) is 0 Å². The second-order valence-corrected chi connectivity index (χ2v) is 5.91. The van der Waals surface area contributed by atoms with E-state index in [0.717, 1.165) is 47.6 Å². The highest BCUT2D eigenvalue weighted by Gasteiger charge is 2.33. The van der Waals surface area contributed by atoms with Crippen LogP contribution in [0.3, 0.4) is 0 Å². The van der Waals surface area contributed by atoms with Crippen molar-refractivity contribution < 1.29 is 0 Å². The van der Waals surface area contributed by atoms with Crippen LogP contribution in [0.15, 0.2) is 6.20 Å². The van der Waals surface area contributed by atoms with Gasteiger partial charge in [-0.25, -0.2) is 9.97 Å². The molecular weight excluding hydrogens is 252 g/mol. The van der Waals surface area contributed by atoms with Crippen LogP contribution in [0.4, 0.5) is 5.82 Å². The second kappa shape index (κ2) is 5.01. The minimum absolute atomic E-state index is 0.777. The number of nitrogens with one attached hydrogen (secondary N) is 1. The Hall–Kier alpha value is -1.69. The van der Waals surface area contributed by atoms with E-state index in [2.05, 4.69) is 39.3 Å². The van der Waals surface area contributed by atoms with Crippen LogP contribution in [0.5, 0.6) is 0 Å². The first-order chi connectivity index (χ1) is 9.58. The predicted molar refractivity (Wildman–Crippen MR) is 79.5 cm³/mol. The third-order valence-corrected chi connectivity index (χ3v) is 4.11. The lowest BCUT2D eigenvalue weighted by molar-refractivity contribution is 0.300. The maximum atomic E-state index is 4.64. The number of rotatable bonds is 5. The summed E-state index contributed by atoms with van der Waals surface area (Å²) in [4.78, 5) is 11.6. The Kier molecular flexibility index (Phi) is 3.33. The number of aryl methyl sites for hydroxylation is 1. The first-order valence-corrected chi connectivity index (χ1v) is 7.13. The minimum atomic E-state index is 0.777. The fourth-order valence-electron chi connectivity index (χ4n) is 2.69. The van der Waals surface area contributed by atoms with Crippen molar-refractivity contribution in [2.24, 2.45) is 18.9 Å². The Morgan fingerprint density at radius 2 is 2.20 bits per heavy atom. The molecule has 2 aromatic rings. The largest absolute Gasteiger partial charge is 0.372 e. The number of fused-ring (bicyclic) bond motifs is 1. The molecule has 6 nitrogen and oxygen atoms in total. The highest BCUT2D eigenvalue weighted by atomic mass is 15.3. The van der Waals surface area contributed by atoms with Gasteiger partial charge in [-0.3, -0.25) is 9.58 Å². The van der Waals surface area contributed by atoms with Gasteiger partial charge in [-0.05, 0) is 25.3 Å². The fraction of sp³-hybridized carbons (Fsp3) is 0.643. The Bertz CT molecular complexity index is 619. The summed E-state index contributed by atoms with van der Waals surface area (Å²) in [6.07, 6.45) is 3.16. The van der Waals surface area contributed by atoms with Crippen LogP contribution < -0.4 is 5.32 Å². The van der Waals surface area contributed by atoms with Gasteiger partial charge in [-0.1, -0.05) is 6.92 Å². The zero-order chi connectivity index (χ0) is 14.3. The smallest absolute Gasteiger partial charge is 0.163 e. The topological polar surface area (TPSA) is 58.9 Å². The monoisotopic (exact) mass is 274 g/mol. The van der Waals surface area contributed by atoms with E-state index in [9.17, 15) is 0 Å². The third kappa shape index (κ3) is 2.47. The van der Waals surface area contributed by atoms with Crippen molar-refractivity contribution in [1.82, 2.24) is 24.6 Å². The zero-order valence-corrected chi connectivity index (χ0v) is 12.6. The summed E-state index contributed by atoms with van der Waals surface area (Å²) >= 11 is 0. The molecule has 2 heterocycles. The lowest BCUT2D eigenvalue weighted by Crippen LogP contribution is -2.22. The zero-order valence-electron chi connectivity index (χ0n) is 12.6. The highest BCUT2D eigenvalue weighted by molar-refractivity contribution is 5.86. The average Bonchev–Trinajstić information content (AvgIpc) is 2.96. The molecule has 0 radical (unpaired) electrons. The van der Waals surface area contributed by atoms with Crippen LogP contribution in [0.25, 0.3) is 11.0 Å². The Balaban J connectivity index is 1.81. The summed E-state index contributed by atoms with van der Waals surface area (Å²) in [5.74, 6) is 3.43. The molecule has 1 fully saturated rings. The van der Waals surface area contributed by atoms with E-state index in [0.29, 0.717) is 0 Å². The normalized spacial score (nSPS) is 21.6. The van der Waals surface area contributed by atoms with Crippen molar-refractivity contribution in [2.75, 3.05) is 26.0 Å². The molecule has 1 aliphatic rings. The van der Waals surface area contributed by atoms with Crippen LogP contribution >= 0.6 is 0 Å². The van der Waals surface area contributed by atoms with Crippen molar-refractivity contribution >= 4 is 16.9 Å². The maximum Gasteiger partial charge on any atom is 0.163 e. The second-order valence-electron chi connectivity index (χ2n) is 5.91. The molecule has 1 saturated carbocycles. The van der Waals surface area contributed by atoms with Gasteiger partial charge >= 0.3 is 0 Å². The van der Waals surface area contributed by atoms with Crippen LogP contribution in [-0.2, 0) is 13.6 Å². The summed E-state index contributed by atoms with van der Waals surface area (Å²) in [5, 5.41) is 8.36. The van der Waals surface area contributed by atoms with Crippen molar-refractivity contribution in [3.05, 3.63) is 12.0 Å². The van der Waals surface area contributed by atoms with Crippen molar-refractivity contribution in [2.45, 2.75) is 19.9 Å². The molecule has 6 heteroatoms. The van der Waals surface area contributed by atoms with Gasteiger partial charge in [0.15, 0.2) is 5.65 Å². The molecule has 1 aliphatic carbocycles. The van der Waals surface area contributed by atoms with Crippen molar-refractivity contribution in [1.29, 1.82) is 0 Å². The van der Waals surface area contributed by atoms with Crippen molar-refractivity contribution in [3.8, 4) is 0 Å². The molecule has 0 saturated heterocycles. The van der Waals surface area contributed by atoms with Gasteiger partial charge in [0.25, 0.3) is 0 Å². The molecule has 0 aliphatic heterocycles. The molecular formula is C14H22N6. The molecule has 0 bridgehead atoms. The summed E-state index contributed by atoms with van der Waals surface area (Å²) in [7, 11) is 5.93. The molecule has 20 heavy (non-hydrogen) atoms. The minimum Gasteiger partial charge on any atom is -0.372 e. The number of hydrogen-bond acceptors (Lipinski definition) is 5. The molecule has 2 atom stereocenters. The van der Waals surface area contributed by atoms with Crippen LogP contribution in [-0.4, -0.2) is 45.3 Å². The van der Waals surface area contributed by atoms with Crippen LogP contribution in [0.1, 0.15) is 19.2 Å². The molecule has 2 aromatic heterocycles. The molecule has 0 aromatic carbocycles. The van der Waals surface area contributed by atoms with Gasteiger partial charge in [0.05, 0.1) is 18.1 Å². The number of nitrogens with zero attached hydrogens (tertiary/aromatic N) is 5. The van der Waals surface area contributed by atoms with Gasteiger partial charge in [0, 0.05) is 20.6 Å². The maximum absolute atomic E-state index is 4.64. The molecule has 3 rings (SSSR count). The molecule has 1 N–H and O–H groups in total. The molecule has 0 amide bonds. The summed E-state index contributed by atoms with van der Waals surface area (Å²) in [6.45, 7) is 4.22. The number of aromatic nitrogens is 4. The standard InChI is InChI=1S/C14H22N6/c1-9-5-10(9)7-19(3)8-12-17-13(15-2)11-6-16-20(4)14(11)18-12/h6,9-10H,5,7-8H2,1-4H3,(H,15,17,18). The lowest BCUT2D eigenvalue weighted by atomic mass is 10.3. The Morgan fingerprint density at radius 3 is 2.85 bits per heavy atom. The van der Waals surface area contributed by atoms with Crippen molar-refractivity contribution in [3.63, 3.8) is 0 Å². The Morgan fingerprint density at radius 1 is 1.45 bits per heavy atom. The van der Waals surface area contributed by atoms with E-state index in [1.807, 2.05) is 14.1 Å². The average molecular weight is 274 g/mol. The third-order valence-electron chi connectivity index (χ3n) is 4.11. The Labute approximate surface area is 119 Å². The van der Waals surface area contributed by atoms with E-state index in [1.165, 1.54) is 6.42 Å².